The molecule has 0 saturated carbocycles. The van der Waals surface area contributed by atoms with Gasteiger partial charge in [-0.15, -0.1) is 11.3 Å². The molecule has 0 aliphatic heterocycles. The molecule has 0 fully saturated rings. The van der Waals surface area contributed by atoms with Crippen molar-refractivity contribution in [2.75, 3.05) is 0 Å². The van der Waals surface area contributed by atoms with Crippen LogP contribution in [0.3, 0.4) is 0 Å². The van der Waals surface area contributed by atoms with Gasteiger partial charge < -0.3 is 0 Å². The molecule has 2 aromatic rings. The van der Waals surface area contributed by atoms with Crippen LogP contribution in [0.25, 0.3) is 10.1 Å². The Morgan fingerprint density at radius 2 is 2.36 bits per heavy atom. The first-order valence-corrected chi connectivity index (χ1v) is 6.00. The molecule has 0 radical (unpaired) electrons. The molecule has 0 atom stereocenters. The van der Waals surface area contributed by atoms with E-state index in [1.807, 2.05) is 17.5 Å². The van der Waals surface area contributed by atoms with Crippen LogP contribution in [0.4, 0.5) is 0 Å². The molecule has 4 heteroatoms. The fourth-order valence-corrected chi connectivity index (χ4v) is 3.05. The van der Waals surface area contributed by atoms with Crippen molar-refractivity contribution in [1.82, 2.24) is 0 Å². The summed E-state index contributed by atoms with van der Waals surface area (Å²) in [5, 5.41) is 12.5. The summed E-state index contributed by atoms with van der Waals surface area (Å²) in [5.41, 5.74) is 0.925. The van der Waals surface area contributed by atoms with E-state index in [4.69, 9.17) is 16.9 Å². The zero-order chi connectivity index (χ0) is 10.1. The lowest BCUT2D eigenvalue weighted by molar-refractivity contribution is 1.29. The van der Waals surface area contributed by atoms with Gasteiger partial charge in [0.1, 0.15) is 0 Å². The van der Waals surface area contributed by atoms with E-state index >= 15 is 0 Å². The van der Waals surface area contributed by atoms with E-state index in [0.717, 1.165) is 20.1 Å². The number of nitriles is 1. The summed E-state index contributed by atoms with van der Waals surface area (Å²) in [5.74, 6) is 0. The lowest BCUT2D eigenvalue weighted by Gasteiger charge is -2.03. The topological polar surface area (TPSA) is 23.8 Å². The summed E-state index contributed by atoms with van der Waals surface area (Å²) in [6, 6.07) is 6.15. The molecule has 0 bridgehead atoms. The third kappa shape index (κ3) is 1.54. The van der Waals surface area contributed by atoms with Gasteiger partial charge in [-0.2, -0.15) is 5.26 Å². The predicted molar refractivity (Wildman–Crippen MR) is 63.9 cm³/mol. The molecule has 14 heavy (non-hydrogen) atoms. The number of fused-ring (bicyclic) bond motifs is 1. The van der Waals surface area contributed by atoms with Crippen molar-refractivity contribution in [3.8, 4) is 6.07 Å². The van der Waals surface area contributed by atoms with Gasteiger partial charge in [-0.05, 0) is 38.8 Å². The average Bonchev–Trinajstić information content (AvgIpc) is 2.60. The van der Waals surface area contributed by atoms with E-state index in [2.05, 4.69) is 22.0 Å². The van der Waals surface area contributed by atoms with E-state index in [0.29, 0.717) is 11.4 Å². The first kappa shape index (κ1) is 9.97. The Morgan fingerprint density at radius 1 is 1.57 bits per heavy atom. The molecule has 1 nitrogen and oxygen atoms in total. The van der Waals surface area contributed by atoms with Gasteiger partial charge in [0.2, 0.25) is 0 Å². The molecule has 0 unspecified atom stereocenters. The standard InChI is InChI=1S/C10H5BrClNS/c11-8-5-6-2-4-14-10(6)7(1-3-13)9(8)12/h2,4-5H,1H2. The Morgan fingerprint density at radius 3 is 3.07 bits per heavy atom. The lowest BCUT2D eigenvalue weighted by atomic mass is 10.1. The van der Waals surface area contributed by atoms with E-state index in [9.17, 15) is 0 Å². The van der Waals surface area contributed by atoms with Gasteiger partial charge in [-0.3, -0.25) is 0 Å². The number of hydrogen-bond donors (Lipinski definition) is 0. The number of benzene rings is 1. The van der Waals surface area contributed by atoms with Crippen LogP contribution in [-0.4, -0.2) is 0 Å². The fourth-order valence-electron chi connectivity index (χ4n) is 1.36. The molecule has 70 valence electrons. The van der Waals surface area contributed by atoms with Crippen molar-refractivity contribution in [1.29, 1.82) is 5.26 Å². The Labute approximate surface area is 99.0 Å². The maximum Gasteiger partial charge on any atom is 0.0670 e. The summed E-state index contributed by atoms with van der Waals surface area (Å²) in [4.78, 5) is 0. The highest BCUT2D eigenvalue weighted by Gasteiger charge is 2.10. The second-order valence-electron chi connectivity index (χ2n) is 2.82. The van der Waals surface area contributed by atoms with Gasteiger partial charge in [-0.1, -0.05) is 11.6 Å². The number of rotatable bonds is 1. The smallest absolute Gasteiger partial charge is 0.0670 e. The van der Waals surface area contributed by atoms with Gasteiger partial charge in [-0.25, -0.2) is 0 Å². The molecule has 0 aliphatic carbocycles. The van der Waals surface area contributed by atoms with Crippen LogP contribution in [-0.2, 0) is 6.42 Å². The summed E-state index contributed by atoms with van der Waals surface area (Å²) >= 11 is 11.1. The summed E-state index contributed by atoms with van der Waals surface area (Å²) in [6.07, 6.45) is 0.356. The SMILES string of the molecule is N#CCc1c(Cl)c(Br)cc2ccsc12. The molecule has 0 N–H and O–H groups in total. The van der Waals surface area contributed by atoms with E-state index in [1.165, 1.54) is 0 Å². The third-order valence-corrected chi connectivity index (χ3v) is 4.26. The summed E-state index contributed by atoms with van der Waals surface area (Å²) < 4.78 is 1.97. The highest BCUT2D eigenvalue weighted by Crippen LogP contribution is 2.36. The van der Waals surface area contributed by atoms with Crippen molar-refractivity contribution >= 4 is 49.0 Å². The highest BCUT2D eigenvalue weighted by atomic mass is 79.9. The van der Waals surface area contributed by atoms with E-state index in [-0.39, 0.29) is 0 Å². The van der Waals surface area contributed by atoms with Crippen LogP contribution < -0.4 is 0 Å². The lowest BCUT2D eigenvalue weighted by Crippen LogP contribution is -1.85. The maximum atomic E-state index is 8.71. The number of nitrogens with zero attached hydrogens (tertiary/aromatic N) is 1. The van der Waals surface area contributed by atoms with Gasteiger partial charge in [0.05, 0.1) is 17.5 Å². The number of hydrogen-bond acceptors (Lipinski definition) is 2. The minimum Gasteiger partial charge on any atom is -0.198 e. The minimum atomic E-state index is 0.356. The second kappa shape index (κ2) is 3.90. The summed E-state index contributed by atoms with van der Waals surface area (Å²) in [7, 11) is 0. The molecule has 1 aromatic carbocycles. The van der Waals surface area contributed by atoms with Crippen LogP contribution in [0.15, 0.2) is 22.0 Å². The normalized spacial score (nSPS) is 10.4. The minimum absolute atomic E-state index is 0.356. The third-order valence-electron chi connectivity index (χ3n) is 1.98. The predicted octanol–water partition coefficient (Wildman–Crippen LogP) is 4.38. The van der Waals surface area contributed by atoms with Crippen LogP contribution in [0, 0.1) is 11.3 Å². The van der Waals surface area contributed by atoms with Crippen LogP contribution in [0.1, 0.15) is 5.56 Å². The van der Waals surface area contributed by atoms with Crippen molar-refractivity contribution in [2.24, 2.45) is 0 Å². The molecule has 2 rings (SSSR count). The monoisotopic (exact) mass is 285 g/mol. The highest BCUT2D eigenvalue weighted by molar-refractivity contribution is 9.10. The van der Waals surface area contributed by atoms with Crippen molar-refractivity contribution in [2.45, 2.75) is 6.42 Å². The molecule has 0 spiro atoms. The Bertz CT molecular complexity index is 527. The molecule has 0 aliphatic rings. The van der Waals surface area contributed by atoms with Gasteiger partial charge in [0, 0.05) is 14.7 Å². The van der Waals surface area contributed by atoms with Crippen LogP contribution >= 0.6 is 38.9 Å². The fraction of sp³-hybridized carbons (Fsp3) is 0.100. The second-order valence-corrected chi connectivity index (χ2v) is 4.97. The van der Waals surface area contributed by atoms with Gasteiger partial charge in [0.15, 0.2) is 0 Å². The van der Waals surface area contributed by atoms with Crippen molar-refractivity contribution in [3.63, 3.8) is 0 Å². The number of halogens is 2. The Balaban J connectivity index is 2.81. The first-order valence-electron chi connectivity index (χ1n) is 3.95. The quantitative estimate of drug-likeness (QED) is 0.763. The van der Waals surface area contributed by atoms with Crippen molar-refractivity contribution in [3.05, 3.63) is 32.6 Å². The average molecular weight is 287 g/mol. The van der Waals surface area contributed by atoms with Gasteiger partial charge in [0.25, 0.3) is 0 Å². The molecule has 1 heterocycles. The maximum absolute atomic E-state index is 8.71. The molecule has 0 saturated heterocycles. The van der Waals surface area contributed by atoms with Crippen LogP contribution in [0.2, 0.25) is 5.02 Å². The zero-order valence-electron chi connectivity index (χ0n) is 7.05. The Hall–Kier alpha value is -0.560. The van der Waals surface area contributed by atoms with E-state index in [1.54, 1.807) is 11.3 Å². The van der Waals surface area contributed by atoms with Crippen LogP contribution in [0.5, 0.6) is 0 Å². The molecule has 0 amide bonds. The molecular formula is C10H5BrClNS. The van der Waals surface area contributed by atoms with E-state index < -0.39 is 0 Å². The van der Waals surface area contributed by atoms with Crippen molar-refractivity contribution < 1.29 is 0 Å². The molecular weight excluding hydrogens is 282 g/mol. The number of thiophene rings is 1. The zero-order valence-corrected chi connectivity index (χ0v) is 10.2. The van der Waals surface area contributed by atoms with Gasteiger partial charge >= 0.3 is 0 Å². The first-order chi connectivity index (χ1) is 6.74. The Kier molecular flexibility index (Phi) is 2.78. The largest absolute Gasteiger partial charge is 0.198 e. The summed E-state index contributed by atoms with van der Waals surface area (Å²) in [6.45, 7) is 0. The molecule has 1 aromatic heterocycles.